The second-order valence-corrected chi connectivity index (χ2v) is 7.36. The summed E-state index contributed by atoms with van der Waals surface area (Å²) in [6, 6.07) is 14.3. The van der Waals surface area contributed by atoms with Gasteiger partial charge in [0.25, 0.3) is 0 Å². The first-order valence-electron chi connectivity index (χ1n) is 11.5. The van der Waals surface area contributed by atoms with Crippen LogP contribution in [0.1, 0.15) is 75.7 Å². The molecular weight excluding hydrogens is 416 g/mol. The molecule has 0 aliphatic carbocycles. The number of para-hydroxylation sites is 2. The van der Waals surface area contributed by atoms with Crippen molar-refractivity contribution in [3.63, 3.8) is 0 Å². The lowest BCUT2D eigenvalue weighted by Gasteiger charge is -2.20. The first kappa shape index (κ1) is 26.3. The second-order valence-electron chi connectivity index (χ2n) is 7.36. The molecule has 2 unspecified atom stereocenters. The molecule has 5 heteroatoms. The zero-order chi connectivity index (χ0) is 23.7. The minimum absolute atomic E-state index is 0.00331. The maximum Gasteiger partial charge on any atom is 0.150 e. The Hall–Kier alpha value is -2.96. The largest absolute Gasteiger partial charge is 0.508 e. The molecule has 5 nitrogen and oxygen atoms in total. The van der Waals surface area contributed by atoms with Crippen molar-refractivity contribution in [1.29, 1.82) is 0 Å². The van der Waals surface area contributed by atoms with E-state index in [4.69, 9.17) is 14.2 Å². The topological polar surface area (TPSA) is 68.2 Å². The van der Waals surface area contributed by atoms with Gasteiger partial charge in [0.15, 0.2) is 0 Å². The van der Waals surface area contributed by atoms with Crippen LogP contribution < -0.4 is 0 Å². The Balaban J connectivity index is 1.91. The fourth-order valence-corrected chi connectivity index (χ4v) is 3.30. The number of rotatable bonds is 12. The van der Waals surface area contributed by atoms with Crippen LogP contribution in [0.2, 0.25) is 0 Å². The van der Waals surface area contributed by atoms with Gasteiger partial charge in [-0.05, 0) is 25.0 Å². The highest BCUT2D eigenvalue weighted by molar-refractivity contribution is 5.34. The average Bonchev–Trinajstić information content (AvgIpc) is 2.82. The smallest absolute Gasteiger partial charge is 0.150 e. The van der Waals surface area contributed by atoms with Crippen molar-refractivity contribution in [3.8, 4) is 35.2 Å². The van der Waals surface area contributed by atoms with E-state index in [1.807, 2.05) is 38.1 Å². The Kier molecular flexibility index (Phi) is 12.6. The number of aromatic hydroxyl groups is 2. The predicted octanol–water partition coefficient (Wildman–Crippen LogP) is 6.23. The monoisotopic (exact) mass is 450 g/mol. The van der Waals surface area contributed by atoms with E-state index >= 15 is 0 Å². The van der Waals surface area contributed by atoms with Crippen molar-refractivity contribution >= 4 is 0 Å². The Bertz CT molecular complexity index is 870. The van der Waals surface area contributed by atoms with Gasteiger partial charge in [-0.25, -0.2) is 0 Å². The first-order valence-corrected chi connectivity index (χ1v) is 11.5. The lowest BCUT2D eigenvalue weighted by atomic mass is 10.0. The fraction of sp³-hybridized carbons (Fsp3) is 0.429. The summed E-state index contributed by atoms with van der Waals surface area (Å²) in [7, 11) is 0. The molecule has 2 aromatic carbocycles. The van der Waals surface area contributed by atoms with Crippen molar-refractivity contribution < 1.29 is 24.4 Å². The molecule has 0 amide bonds. The third-order valence-corrected chi connectivity index (χ3v) is 4.94. The van der Waals surface area contributed by atoms with Crippen LogP contribution in [0.4, 0.5) is 0 Å². The Morgan fingerprint density at radius 3 is 1.48 bits per heavy atom. The van der Waals surface area contributed by atoms with E-state index in [1.165, 1.54) is 0 Å². The standard InChI is InChI=1S/C28H34O5/c1-3-5-7-9-19-27(23-15-11-13-17-25(23)29)32-21-31-22-33-28(20-10-8-6-4-2)24-16-12-14-18-26(24)30/h11-18,27-30H,3-4,9-10,19-22H2,1-2H3. The minimum atomic E-state index is -0.337. The quantitative estimate of drug-likeness (QED) is 0.228. The maximum atomic E-state index is 10.2. The lowest BCUT2D eigenvalue weighted by Crippen LogP contribution is -2.12. The highest BCUT2D eigenvalue weighted by Crippen LogP contribution is 2.31. The molecule has 0 fully saturated rings. The molecule has 176 valence electrons. The molecule has 0 spiro atoms. The van der Waals surface area contributed by atoms with Gasteiger partial charge in [0.05, 0.1) is 12.2 Å². The van der Waals surface area contributed by atoms with Gasteiger partial charge in [-0.3, -0.25) is 0 Å². The zero-order valence-corrected chi connectivity index (χ0v) is 19.5. The van der Waals surface area contributed by atoms with Crippen molar-refractivity contribution in [2.24, 2.45) is 0 Å². The predicted molar refractivity (Wildman–Crippen MR) is 129 cm³/mol. The molecule has 2 aromatic rings. The molecular formula is C28H34O5. The van der Waals surface area contributed by atoms with E-state index in [0.29, 0.717) is 36.8 Å². The fourth-order valence-electron chi connectivity index (χ4n) is 3.30. The van der Waals surface area contributed by atoms with Gasteiger partial charge in [-0.1, -0.05) is 50.2 Å². The molecule has 0 aliphatic heterocycles. The van der Waals surface area contributed by atoms with E-state index < -0.39 is 0 Å². The third kappa shape index (κ3) is 9.60. The normalized spacial score (nSPS) is 12.2. The van der Waals surface area contributed by atoms with E-state index in [1.54, 1.807) is 24.3 Å². The second kappa shape index (κ2) is 15.8. The van der Waals surface area contributed by atoms with E-state index in [2.05, 4.69) is 23.7 Å². The summed E-state index contributed by atoms with van der Waals surface area (Å²) in [4.78, 5) is 0. The van der Waals surface area contributed by atoms with E-state index in [0.717, 1.165) is 12.8 Å². The Morgan fingerprint density at radius 1 is 0.667 bits per heavy atom. The summed E-state index contributed by atoms with van der Waals surface area (Å²) in [6.45, 7) is 4.03. The van der Waals surface area contributed by atoms with Crippen LogP contribution in [0.15, 0.2) is 48.5 Å². The Morgan fingerprint density at radius 2 is 1.09 bits per heavy atom. The summed E-state index contributed by atoms with van der Waals surface area (Å²) in [5, 5.41) is 20.4. The molecule has 2 N–H and O–H groups in total. The number of benzene rings is 2. The molecule has 0 bridgehead atoms. The molecule has 0 aliphatic rings. The SMILES string of the molecule is CCC#CCCC(OCOCOC(CCC#CCC)c1ccccc1O)c1ccccc1O. The Labute approximate surface area is 197 Å². The number of hydrogen-bond donors (Lipinski definition) is 2. The highest BCUT2D eigenvalue weighted by atomic mass is 16.7. The number of phenolic OH excluding ortho intramolecular Hbond substituents is 2. The molecule has 2 rings (SSSR count). The summed E-state index contributed by atoms with van der Waals surface area (Å²) in [5.74, 6) is 12.7. The van der Waals surface area contributed by atoms with Gasteiger partial charge in [-0.15, -0.1) is 23.7 Å². The van der Waals surface area contributed by atoms with Crippen LogP contribution in [0, 0.1) is 23.7 Å². The number of phenols is 2. The number of hydrogen-bond acceptors (Lipinski definition) is 5. The average molecular weight is 451 g/mol. The van der Waals surface area contributed by atoms with Gasteiger partial charge in [0.1, 0.15) is 25.1 Å². The summed E-state index contributed by atoms with van der Waals surface area (Å²) >= 11 is 0. The van der Waals surface area contributed by atoms with E-state index in [9.17, 15) is 10.2 Å². The van der Waals surface area contributed by atoms with Gasteiger partial charge in [-0.2, -0.15) is 0 Å². The van der Waals surface area contributed by atoms with E-state index in [-0.39, 0.29) is 37.3 Å². The van der Waals surface area contributed by atoms with Gasteiger partial charge < -0.3 is 24.4 Å². The van der Waals surface area contributed by atoms with Crippen LogP contribution in [0.5, 0.6) is 11.5 Å². The lowest BCUT2D eigenvalue weighted by molar-refractivity contribution is -0.168. The van der Waals surface area contributed by atoms with Crippen molar-refractivity contribution in [3.05, 3.63) is 59.7 Å². The maximum absolute atomic E-state index is 10.2. The van der Waals surface area contributed by atoms with Crippen molar-refractivity contribution in [2.75, 3.05) is 13.6 Å². The molecule has 0 aromatic heterocycles. The summed E-state index contributed by atoms with van der Waals surface area (Å²) in [6.07, 6.45) is 3.56. The number of ether oxygens (including phenoxy) is 3. The molecule has 2 atom stereocenters. The van der Waals surface area contributed by atoms with Crippen LogP contribution in [0.3, 0.4) is 0 Å². The van der Waals surface area contributed by atoms with Crippen LogP contribution in [0.25, 0.3) is 0 Å². The highest BCUT2D eigenvalue weighted by Gasteiger charge is 2.17. The van der Waals surface area contributed by atoms with Crippen molar-refractivity contribution in [1.82, 2.24) is 0 Å². The summed E-state index contributed by atoms with van der Waals surface area (Å²) in [5.41, 5.74) is 1.42. The van der Waals surface area contributed by atoms with Crippen LogP contribution in [-0.4, -0.2) is 23.8 Å². The molecule has 0 saturated carbocycles. The van der Waals surface area contributed by atoms with Gasteiger partial charge in [0.2, 0.25) is 0 Å². The first-order chi connectivity index (χ1) is 16.2. The van der Waals surface area contributed by atoms with Crippen LogP contribution >= 0.6 is 0 Å². The minimum Gasteiger partial charge on any atom is -0.508 e. The van der Waals surface area contributed by atoms with Gasteiger partial charge >= 0.3 is 0 Å². The molecule has 0 heterocycles. The molecule has 0 radical (unpaired) electrons. The third-order valence-electron chi connectivity index (χ3n) is 4.94. The van der Waals surface area contributed by atoms with Crippen LogP contribution in [-0.2, 0) is 14.2 Å². The molecule has 0 saturated heterocycles. The summed E-state index contributed by atoms with van der Waals surface area (Å²) < 4.78 is 17.4. The molecule has 33 heavy (non-hydrogen) atoms. The van der Waals surface area contributed by atoms with Gasteiger partial charge in [0, 0.05) is 36.8 Å². The van der Waals surface area contributed by atoms with Crippen molar-refractivity contribution in [2.45, 2.75) is 64.6 Å². The zero-order valence-electron chi connectivity index (χ0n) is 19.5.